The summed E-state index contributed by atoms with van der Waals surface area (Å²) in [5, 5.41) is 0. The average Bonchev–Trinajstić information content (AvgIpc) is 3.11. The van der Waals surface area contributed by atoms with Gasteiger partial charge in [0.2, 0.25) is 6.54 Å². The predicted molar refractivity (Wildman–Crippen MR) is 123 cm³/mol. The Hall–Kier alpha value is -1.56. The Bertz CT molecular complexity index is 969. The van der Waals surface area contributed by atoms with Gasteiger partial charge in [-0.3, -0.25) is 14.3 Å². The lowest BCUT2D eigenvalue weighted by Crippen LogP contribution is -2.45. The fraction of sp³-hybridized carbons (Fsp3) is 0.773. The smallest absolute Gasteiger partial charge is 0.330 e. The van der Waals surface area contributed by atoms with E-state index in [1.54, 1.807) is 6.92 Å². The summed E-state index contributed by atoms with van der Waals surface area (Å²) in [5.41, 5.74) is -1.32. The molecule has 0 bridgehead atoms. The van der Waals surface area contributed by atoms with E-state index in [1.165, 1.54) is 10.8 Å². The minimum Gasteiger partial charge on any atom is -0.352 e. The number of nitrogens with zero attached hydrogens (tertiary/aromatic N) is 3. The fourth-order valence-corrected chi connectivity index (χ4v) is 6.32. The lowest BCUT2D eigenvalue weighted by Gasteiger charge is -2.43. The number of hydrogen-bond donors (Lipinski definition) is 1. The van der Waals surface area contributed by atoms with Crippen LogP contribution in [0, 0.1) is 13.5 Å². The number of H-pyrrole nitrogens is 1. The highest BCUT2D eigenvalue weighted by molar-refractivity contribution is 7.44. The molecule has 2 heterocycles. The third-order valence-electron chi connectivity index (χ3n) is 5.89. The highest BCUT2D eigenvalue weighted by Crippen LogP contribution is 2.57. The van der Waals surface area contributed by atoms with Gasteiger partial charge in [-0.2, -0.15) is 0 Å². The van der Waals surface area contributed by atoms with Gasteiger partial charge in [-0.05, 0) is 47.4 Å². The molecule has 1 unspecified atom stereocenters. The Labute approximate surface area is 192 Å². The van der Waals surface area contributed by atoms with Crippen LogP contribution >= 0.6 is 8.53 Å². The van der Waals surface area contributed by atoms with Crippen molar-refractivity contribution < 1.29 is 15.2 Å². The maximum atomic E-state index is 12.5. The first-order valence-corrected chi connectivity index (χ1v) is 12.4. The lowest BCUT2D eigenvalue weighted by atomic mass is 9.81. The standard InChI is InChI=1S/C22H35N4O5P/c1-15(2)26(16(3)4)32(29-12-11-23-6)31-22-10-8-7-9-18(22)30-19(13-22)25-14-17(5)20(27)24-21(25)28/h14-16,18-19H,7-13H2,1-5H3,(H,24,27,28)/t18-,19+,22-,32?/m0/s1/i9D/t9-,18-,19+,22-,32?. The van der Waals surface area contributed by atoms with Gasteiger partial charge >= 0.3 is 5.69 Å². The summed E-state index contributed by atoms with van der Waals surface area (Å²) in [6.45, 7) is 17.6. The fourth-order valence-electron chi connectivity index (χ4n) is 4.47. The Balaban J connectivity index is 1.96. The van der Waals surface area contributed by atoms with Crippen LogP contribution in [0.15, 0.2) is 15.8 Å². The second kappa shape index (κ2) is 10.6. The van der Waals surface area contributed by atoms with Crippen LogP contribution in [0.4, 0.5) is 0 Å². The van der Waals surface area contributed by atoms with E-state index >= 15 is 0 Å². The lowest BCUT2D eigenvalue weighted by molar-refractivity contribution is -0.0732. The summed E-state index contributed by atoms with van der Waals surface area (Å²) in [6.07, 6.45) is 2.44. The molecule has 0 radical (unpaired) electrons. The van der Waals surface area contributed by atoms with Gasteiger partial charge in [-0.1, -0.05) is 12.8 Å². The minimum atomic E-state index is -1.52. The van der Waals surface area contributed by atoms with Crippen LogP contribution in [0.1, 0.15) is 72.9 Å². The summed E-state index contributed by atoms with van der Waals surface area (Å²) in [7, 11) is -1.52. The van der Waals surface area contributed by atoms with E-state index in [4.69, 9.17) is 21.7 Å². The zero-order valence-electron chi connectivity index (χ0n) is 20.5. The Morgan fingerprint density at radius 3 is 2.78 bits per heavy atom. The highest BCUT2D eigenvalue weighted by Gasteiger charge is 2.54. The molecule has 1 aliphatic heterocycles. The summed E-state index contributed by atoms with van der Waals surface area (Å²) in [6, 6.07) is 0.300. The van der Waals surface area contributed by atoms with Gasteiger partial charge in [0.15, 0.2) is 0 Å². The second-order valence-electron chi connectivity index (χ2n) is 9.00. The molecule has 5 atom stereocenters. The first-order valence-electron chi connectivity index (χ1n) is 11.8. The molecule has 1 aliphatic carbocycles. The normalized spacial score (nSPS) is 29.2. The van der Waals surface area contributed by atoms with E-state index in [0.29, 0.717) is 24.8 Å². The van der Waals surface area contributed by atoms with Crippen molar-refractivity contribution in [1.29, 1.82) is 0 Å². The summed E-state index contributed by atoms with van der Waals surface area (Å²) >= 11 is 0. The SMILES string of the molecule is [2H][C@H]1CCC[C@]2(OP(OCC[N+]#[C-])N(C(C)C)C(C)C)C[C@H](n3cc(C)c(=O)[nH]c3=O)O[C@@H]12. The molecule has 1 saturated carbocycles. The van der Waals surface area contributed by atoms with Crippen molar-refractivity contribution in [2.75, 3.05) is 13.2 Å². The number of aromatic nitrogens is 2. The van der Waals surface area contributed by atoms with Gasteiger partial charge in [0.25, 0.3) is 14.1 Å². The van der Waals surface area contributed by atoms with Crippen molar-refractivity contribution in [1.82, 2.24) is 14.2 Å². The molecule has 1 N–H and O–H groups in total. The number of hydrogen-bond acceptors (Lipinski definition) is 6. The van der Waals surface area contributed by atoms with Crippen LogP contribution in [0.5, 0.6) is 0 Å². The van der Waals surface area contributed by atoms with Gasteiger partial charge in [-0.15, -0.1) is 0 Å². The molecule has 1 aromatic heterocycles. The van der Waals surface area contributed by atoms with Crippen LogP contribution in [0.25, 0.3) is 4.85 Å². The molecule has 1 aromatic rings. The Kier molecular flexibility index (Phi) is 7.80. The van der Waals surface area contributed by atoms with Crippen LogP contribution in [0.2, 0.25) is 0 Å². The van der Waals surface area contributed by atoms with Gasteiger partial charge in [0, 0.05) is 31.6 Å². The average molecular weight is 468 g/mol. The molecule has 0 aromatic carbocycles. The molecule has 3 rings (SSSR count). The van der Waals surface area contributed by atoms with E-state index in [-0.39, 0.29) is 25.2 Å². The van der Waals surface area contributed by atoms with E-state index in [0.717, 1.165) is 6.42 Å². The quantitative estimate of drug-likeness (QED) is 0.338. The van der Waals surface area contributed by atoms with Crippen LogP contribution in [-0.4, -0.2) is 51.2 Å². The summed E-state index contributed by atoms with van der Waals surface area (Å²) in [5.74, 6) is 0. The third-order valence-corrected chi connectivity index (χ3v) is 8.12. The number of aromatic amines is 1. The van der Waals surface area contributed by atoms with Crippen LogP contribution in [-0.2, 0) is 13.8 Å². The molecule has 0 spiro atoms. The van der Waals surface area contributed by atoms with Crippen molar-refractivity contribution in [3.05, 3.63) is 44.0 Å². The van der Waals surface area contributed by atoms with E-state index in [9.17, 15) is 9.59 Å². The van der Waals surface area contributed by atoms with Crippen molar-refractivity contribution in [2.24, 2.45) is 0 Å². The zero-order chi connectivity index (χ0) is 24.3. The van der Waals surface area contributed by atoms with E-state index < -0.39 is 44.1 Å². The molecule has 178 valence electrons. The molecule has 32 heavy (non-hydrogen) atoms. The Morgan fingerprint density at radius 1 is 1.41 bits per heavy atom. The number of nitrogens with one attached hydrogen (secondary N) is 1. The minimum absolute atomic E-state index is 0.150. The Morgan fingerprint density at radius 2 is 2.12 bits per heavy atom. The second-order valence-corrected chi connectivity index (χ2v) is 10.4. The number of fused-ring (bicyclic) bond motifs is 1. The summed E-state index contributed by atoms with van der Waals surface area (Å²) < 4.78 is 31.4. The van der Waals surface area contributed by atoms with Crippen molar-refractivity contribution in [3.63, 3.8) is 0 Å². The van der Waals surface area contributed by atoms with Crippen LogP contribution < -0.4 is 11.2 Å². The maximum absolute atomic E-state index is 12.5. The maximum Gasteiger partial charge on any atom is 0.330 e. The molecular formula is C22H35N4O5P. The number of rotatable bonds is 9. The first-order chi connectivity index (χ1) is 15.6. The number of aryl methyl sites for hydroxylation is 1. The summed E-state index contributed by atoms with van der Waals surface area (Å²) in [4.78, 5) is 30.1. The van der Waals surface area contributed by atoms with Gasteiger partial charge in [0.05, 0.1) is 6.10 Å². The first kappa shape index (κ1) is 23.6. The monoisotopic (exact) mass is 467 g/mol. The van der Waals surface area contributed by atoms with Gasteiger partial charge in [0.1, 0.15) is 18.4 Å². The van der Waals surface area contributed by atoms with Gasteiger partial charge < -0.3 is 18.6 Å². The number of ether oxygens (including phenoxy) is 1. The molecule has 1 saturated heterocycles. The third kappa shape index (κ3) is 5.32. The van der Waals surface area contributed by atoms with Crippen molar-refractivity contribution >= 4 is 8.53 Å². The molecular weight excluding hydrogens is 431 g/mol. The molecule has 0 amide bonds. The molecule has 2 aliphatic rings. The molecule has 9 nitrogen and oxygen atoms in total. The zero-order valence-corrected chi connectivity index (χ0v) is 20.4. The van der Waals surface area contributed by atoms with Crippen molar-refractivity contribution in [3.8, 4) is 0 Å². The van der Waals surface area contributed by atoms with E-state index in [2.05, 4.69) is 42.2 Å². The predicted octanol–water partition coefficient (Wildman–Crippen LogP) is 3.74. The van der Waals surface area contributed by atoms with Crippen LogP contribution in [0.3, 0.4) is 0 Å². The van der Waals surface area contributed by atoms with Crippen molar-refractivity contribution in [2.45, 2.75) is 96.7 Å². The molecule has 2 fully saturated rings. The largest absolute Gasteiger partial charge is 0.352 e. The van der Waals surface area contributed by atoms with E-state index in [1.807, 2.05) is 0 Å². The highest BCUT2D eigenvalue weighted by atomic mass is 31.2. The topological polar surface area (TPSA) is 90.2 Å². The van der Waals surface area contributed by atoms with Gasteiger partial charge in [-0.25, -0.2) is 16.0 Å². The molecule has 10 heteroatoms.